The van der Waals surface area contributed by atoms with Crippen molar-refractivity contribution in [1.29, 1.82) is 0 Å². The van der Waals surface area contributed by atoms with Gasteiger partial charge in [0.1, 0.15) is 0 Å². The summed E-state index contributed by atoms with van der Waals surface area (Å²) in [6, 6.07) is 0.187. The molecule has 0 aromatic rings. The van der Waals surface area contributed by atoms with E-state index in [0.29, 0.717) is 6.54 Å². The van der Waals surface area contributed by atoms with E-state index in [4.69, 9.17) is 0 Å². The molecule has 2 atom stereocenters. The van der Waals surface area contributed by atoms with Crippen LogP contribution in [0.25, 0.3) is 0 Å². The van der Waals surface area contributed by atoms with Crippen LogP contribution in [-0.2, 0) is 0 Å². The maximum atomic E-state index is 11.3. The molecule has 1 aliphatic carbocycles. The predicted octanol–water partition coefficient (Wildman–Crippen LogP) is 0.760. The molecular weight excluding hydrogens is 238 g/mol. The molecule has 0 aromatic carbocycles. The Hall–Kier alpha value is -1.06. The first-order valence-corrected chi connectivity index (χ1v) is 6.83. The molecular formula is C13H24B2N2O2. The summed E-state index contributed by atoms with van der Waals surface area (Å²) in [4.78, 5) is 22.6. The molecule has 0 aromatic heterocycles. The second-order valence-electron chi connectivity index (χ2n) is 6.88. The van der Waals surface area contributed by atoms with Crippen molar-refractivity contribution in [3.8, 4) is 0 Å². The zero-order valence-corrected chi connectivity index (χ0v) is 12.5. The minimum atomic E-state index is -0.138. The van der Waals surface area contributed by atoms with E-state index < -0.39 is 0 Å². The van der Waals surface area contributed by atoms with Crippen LogP contribution in [0.15, 0.2) is 0 Å². The van der Waals surface area contributed by atoms with E-state index >= 15 is 0 Å². The second-order valence-corrected chi connectivity index (χ2v) is 6.88. The zero-order chi connectivity index (χ0) is 14.7. The summed E-state index contributed by atoms with van der Waals surface area (Å²) in [5, 5.41) is 5.91. The van der Waals surface area contributed by atoms with Crippen molar-refractivity contribution in [2.24, 2.45) is 10.8 Å². The molecule has 0 heterocycles. The Morgan fingerprint density at radius 1 is 1.37 bits per heavy atom. The summed E-state index contributed by atoms with van der Waals surface area (Å²) >= 11 is 0. The van der Waals surface area contributed by atoms with Gasteiger partial charge < -0.3 is 0 Å². The third kappa shape index (κ3) is 5.21. The van der Waals surface area contributed by atoms with Gasteiger partial charge in [0.05, 0.1) is 0 Å². The van der Waals surface area contributed by atoms with Gasteiger partial charge in [-0.1, -0.05) is 0 Å². The second kappa shape index (κ2) is 5.93. The van der Waals surface area contributed by atoms with Gasteiger partial charge in [0.2, 0.25) is 0 Å². The quantitative estimate of drug-likeness (QED) is 0.735. The van der Waals surface area contributed by atoms with Crippen LogP contribution in [0.1, 0.15) is 40.0 Å². The first-order chi connectivity index (χ1) is 8.66. The van der Waals surface area contributed by atoms with Crippen molar-refractivity contribution >= 4 is 32.8 Å². The number of hydrogen-bond acceptors (Lipinski definition) is 2. The molecule has 2 unspecified atom stereocenters. The van der Waals surface area contributed by atoms with E-state index in [1.165, 1.54) is 6.92 Å². The SMILES string of the molecule is BC(=O)NC1CC(C)(C)CC(C)(CNC(=O)B=C)C1. The normalized spacial score (nSPS) is 29.1. The Kier molecular flexibility index (Phi) is 4.99. The molecule has 0 saturated heterocycles. The Labute approximate surface area is 117 Å². The van der Waals surface area contributed by atoms with Crippen LogP contribution in [-0.4, -0.2) is 45.4 Å². The summed E-state index contributed by atoms with van der Waals surface area (Å²) in [5.74, 6) is -0.124. The molecule has 0 spiro atoms. The van der Waals surface area contributed by atoms with E-state index in [0.717, 1.165) is 19.3 Å². The van der Waals surface area contributed by atoms with Gasteiger partial charge in [-0.05, 0) is 0 Å². The number of carbonyl (C=O) groups is 2. The van der Waals surface area contributed by atoms with Crippen molar-refractivity contribution in [2.45, 2.75) is 46.1 Å². The summed E-state index contributed by atoms with van der Waals surface area (Å²) in [5.41, 5.74) is 0.173. The number of amides is 2. The fourth-order valence-corrected chi connectivity index (χ4v) is 3.53. The van der Waals surface area contributed by atoms with Gasteiger partial charge in [0.25, 0.3) is 0 Å². The van der Waals surface area contributed by atoms with E-state index in [1.54, 1.807) is 7.85 Å². The molecule has 1 rings (SSSR count). The van der Waals surface area contributed by atoms with Gasteiger partial charge >= 0.3 is 117 Å². The van der Waals surface area contributed by atoms with Crippen molar-refractivity contribution in [2.75, 3.05) is 6.54 Å². The van der Waals surface area contributed by atoms with Crippen molar-refractivity contribution in [3.63, 3.8) is 0 Å². The monoisotopic (exact) mass is 262 g/mol. The van der Waals surface area contributed by atoms with E-state index in [-0.39, 0.29) is 28.5 Å². The van der Waals surface area contributed by atoms with Crippen molar-refractivity contribution in [3.05, 3.63) is 0 Å². The molecule has 2 amide bonds. The van der Waals surface area contributed by atoms with E-state index in [9.17, 15) is 9.59 Å². The molecule has 1 aliphatic rings. The summed E-state index contributed by atoms with van der Waals surface area (Å²) in [7, 11) is 1.55. The Morgan fingerprint density at radius 3 is 2.53 bits per heavy atom. The molecule has 1 fully saturated rings. The van der Waals surface area contributed by atoms with Crippen LogP contribution in [0.3, 0.4) is 0 Å². The summed E-state index contributed by atoms with van der Waals surface area (Å²) < 4.78 is 0. The van der Waals surface area contributed by atoms with Crippen LogP contribution < -0.4 is 10.6 Å². The van der Waals surface area contributed by atoms with Crippen LogP contribution in [0.5, 0.6) is 0 Å². The number of hydrogen-bond donors (Lipinski definition) is 2. The fraction of sp³-hybridized carbons (Fsp3) is 0.769. The average Bonchev–Trinajstić information content (AvgIpc) is 2.22. The van der Waals surface area contributed by atoms with Crippen LogP contribution in [0.4, 0.5) is 9.59 Å². The summed E-state index contributed by atoms with van der Waals surface area (Å²) in [6.07, 6.45) is 2.92. The molecule has 104 valence electrons. The zero-order valence-electron chi connectivity index (χ0n) is 12.5. The molecule has 19 heavy (non-hydrogen) atoms. The number of carbonyl (C=O) groups excluding carboxylic acids is 2. The molecule has 0 bridgehead atoms. The standard InChI is InChI=1S/C13H24B2N2O2/c1-12(2)5-9(17-10(14)18)6-13(3,7-12)8-16-11(19)15-4/h9H,4-8,14H2,1-3H3,(H,16,19)(H,17,18). The number of rotatable bonds is 4. The average molecular weight is 262 g/mol. The van der Waals surface area contributed by atoms with Gasteiger partial charge in [0, 0.05) is 0 Å². The van der Waals surface area contributed by atoms with Crippen LogP contribution in [0.2, 0.25) is 0 Å². The number of nitrogens with one attached hydrogen (secondary N) is 2. The van der Waals surface area contributed by atoms with Crippen LogP contribution in [0, 0.1) is 10.8 Å². The predicted molar refractivity (Wildman–Crippen MR) is 82.9 cm³/mol. The fourth-order valence-electron chi connectivity index (χ4n) is 3.53. The van der Waals surface area contributed by atoms with Gasteiger partial charge in [-0.3, -0.25) is 0 Å². The first kappa shape index (κ1) is 16.0. The Balaban J connectivity index is 2.72. The molecule has 6 heteroatoms. The van der Waals surface area contributed by atoms with Crippen LogP contribution >= 0.6 is 0 Å². The van der Waals surface area contributed by atoms with Crippen molar-refractivity contribution < 1.29 is 9.59 Å². The van der Waals surface area contributed by atoms with Gasteiger partial charge in [0.15, 0.2) is 0 Å². The van der Waals surface area contributed by atoms with Gasteiger partial charge in [-0.2, -0.15) is 0 Å². The molecule has 4 nitrogen and oxygen atoms in total. The van der Waals surface area contributed by atoms with Gasteiger partial charge in [-0.15, -0.1) is 0 Å². The third-order valence-electron chi connectivity index (χ3n) is 3.73. The van der Waals surface area contributed by atoms with Gasteiger partial charge in [-0.25, -0.2) is 0 Å². The van der Waals surface area contributed by atoms with E-state index in [1.807, 2.05) is 0 Å². The topological polar surface area (TPSA) is 58.2 Å². The third-order valence-corrected chi connectivity index (χ3v) is 3.73. The molecule has 2 N–H and O–H groups in total. The maximum absolute atomic E-state index is 11.3. The first-order valence-electron chi connectivity index (χ1n) is 6.83. The van der Waals surface area contributed by atoms with E-state index in [2.05, 4.69) is 37.9 Å². The Morgan fingerprint density at radius 2 is 2.00 bits per heavy atom. The molecule has 0 radical (unpaired) electrons. The summed E-state index contributed by atoms with van der Waals surface area (Å²) in [6.45, 7) is 12.0. The molecule has 0 aliphatic heterocycles. The Bertz CT molecular complexity index is 385. The van der Waals surface area contributed by atoms with Crippen molar-refractivity contribution in [1.82, 2.24) is 10.6 Å². The molecule has 1 saturated carbocycles. The minimum absolute atomic E-state index is 0.00748.